The SMILES string of the molecule is CC(C)c1ccccc1NC(=O)[C@@H]1CC(=O)N(CCc2c[nH]c3ccc(Cl)cc23)C1. The Morgan fingerprint density at radius 1 is 1.27 bits per heavy atom. The molecule has 0 radical (unpaired) electrons. The van der Waals surface area contributed by atoms with E-state index in [4.69, 9.17) is 11.6 Å². The largest absolute Gasteiger partial charge is 0.361 e. The van der Waals surface area contributed by atoms with E-state index in [9.17, 15) is 9.59 Å². The minimum atomic E-state index is -0.324. The number of amides is 2. The molecule has 156 valence electrons. The summed E-state index contributed by atoms with van der Waals surface area (Å²) in [6.45, 7) is 5.25. The fourth-order valence-corrected chi connectivity index (χ4v) is 4.30. The van der Waals surface area contributed by atoms with Crippen molar-refractivity contribution < 1.29 is 9.59 Å². The predicted octanol–water partition coefficient (Wildman–Crippen LogP) is 4.97. The minimum absolute atomic E-state index is 0.0326. The third-order valence-electron chi connectivity index (χ3n) is 5.81. The van der Waals surface area contributed by atoms with Crippen molar-refractivity contribution >= 4 is 40.0 Å². The first-order valence-electron chi connectivity index (χ1n) is 10.4. The number of H-pyrrole nitrogens is 1. The molecule has 1 fully saturated rings. The van der Waals surface area contributed by atoms with Crippen LogP contribution in [-0.4, -0.2) is 34.8 Å². The van der Waals surface area contributed by atoms with Crippen molar-refractivity contribution in [2.45, 2.75) is 32.6 Å². The predicted molar refractivity (Wildman–Crippen MR) is 121 cm³/mol. The summed E-state index contributed by atoms with van der Waals surface area (Å²) < 4.78 is 0. The molecule has 2 amide bonds. The lowest BCUT2D eigenvalue weighted by atomic mass is 10.0. The van der Waals surface area contributed by atoms with Crippen LogP contribution in [0.5, 0.6) is 0 Å². The van der Waals surface area contributed by atoms with E-state index in [1.807, 2.05) is 48.7 Å². The Hall–Kier alpha value is -2.79. The van der Waals surface area contributed by atoms with Gasteiger partial charge in [-0.25, -0.2) is 0 Å². The van der Waals surface area contributed by atoms with Gasteiger partial charge in [-0.15, -0.1) is 0 Å². The van der Waals surface area contributed by atoms with E-state index < -0.39 is 0 Å². The molecule has 5 nitrogen and oxygen atoms in total. The Morgan fingerprint density at radius 3 is 2.87 bits per heavy atom. The van der Waals surface area contributed by atoms with Crippen molar-refractivity contribution in [3.8, 4) is 0 Å². The summed E-state index contributed by atoms with van der Waals surface area (Å²) in [7, 11) is 0. The third-order valence-corrected chi connectivity index (χ3v) is 6.04. The lowest BCUT2D eigenvalue weighted by Crippen LogP contribution is -2.30. The second kappa shape index (κ2) is 8.52. The number of halogens is 1. The number of carbonyl (C=O) groups is 2. The second-order valence-electron chi connectivity index (χ2n) is 8.23. The lowest BCUT2D eigenvalue weighted by molar-refractivity contribution is -0.128. The van der Waals surface area contributed by atoms with E-state index in [1.54, 1.807) is 4.90 Å². The van der Waals surface area contributed by atoms with Crippen molar-refractivity contribution in [3.05, 3.63) is 64.8 Å². The summed E-state index contributed by atoms with van der Waals surface area (Å²) >= 11 is 6.13. The second-order valence-corrected chi connectivity index (χ2v) is 8.66. The van der Waals surface area contributed by atoms with Gasteiger partial charge in [0.05, 0.1) is 5.92 Å². The van der Waals surface area contributed by atoms with Gasteiger partial charge in [0.25, 0.3) is 0 Å². The number of nitrogens with one attached hydrogen (secondary N) is 2. The maximum Gasteiger partial charge on any atom is 0.229 e. The highest BCUT2D eigenvalue weighted by molar-refractivity contribution is 6.31. The zero-order valence-electron chi connectivity index (χ0n) is 17.2. The van der Waals surface area contributed by atoms with Crippen LogP contribution in [0.15, 0.2) is 48.7 Å². The summed E-state index contributed by atoms with van der Waals surface area (Å²) in [4.78, 5) is 30.4. The summed E-state index contributed by atoms with van der Waals surface area (Å²) in [6, 6.07) is 13.6. The Kier molecular flexibility index (Phi) is 5.82. The van der Waals surface area contributed by atoms with Gasteiger partial charge < -0.3 is 15.2 Å². The van der Waals surface area contributed by atoms with Gasteiger partial charge in [-0.3, -0.25) is 9.59 Å². The highest BCUT2D eigenvalue weighted by Gasteiger charge is 2.34. The molecule has 2 aromatic carbocycles. The van der Waals surface area contributed by atoms with Crippen LogP contribution in [0.4, 0.5) is 5.69 Å². The monoisotopic (exact) mass is 423 g/mol. The van der Waals surface area contributed by atoms with Crippen molar-refractivity contribution in [1.82, 2.24) is 9.88 Å². The van der Waals surface area contributed by atoms with Gasteiger partial charge in [-0.2, -0.15) is 0 Å². The molecule has 2 heterocycles. The van der Waals surface area contributed by atoms with Gasteiger partial charge >= 0.3 is 0 Å². The molecule has 30 heavy (non-hydrogen) atoms. The van der Waals surface area contributed by atoms with Crippen LogP contribution >= 0.6 is 11.6 Å². The molecule has 1 saturated heterocycles. The number of rotatable bonds is 6. The fourth-order valence-electron chi connectivity index (χ4n) is 4.13. The summed E-state index contributed by atoms with van der Waals surface area (Å²) in [5, 5.41) is 4.81. The van der Waals surface area contributed by atoms with E-state index in [-0.39, 0.29) is 24.2 Å². The molecule has 6 heteroatoms. The first kappa shape index (κ1) is 20.5. The normalized spacial score (nSPS) is 16.6. The summed E-state index contributed by atoms with van der Waals surface area (Å²) in [6.07, 6.45) is 2.95. The van der Waals surface area contributed by atoms with Gasteiger partial charge in [-0.1, -0.05) is 43.6 Å². The molecule has 0 aliphatic carbocycles. The molecule has 2 N–H and O–H groups in total. The molecule has 3 aromatic rings. The third kappa shape index (κ3) is 4.21. The van der Waals surface area contributed by atoms with Crippen molar-refractivity contribution in [2.24, 2.45) is 5.92 Å². The number of anilines is 1. The molecular formula is C24H26ClN3O2. The van der Waals surface area contributed by atoms with Crippen molar-refractivity contribution in [2.75, 3.05) is 18.4 Å². The molecular weight excluding hydrogens is 398 g/mol. The number of benzene rings is 2. The average Bonchev–Trinajstić information content (AvgIpc) is 3.29. The van der Waals surface area contributed by atoms with Crippen molar-refractivity contribution in [1.29, 1.82) is 0 Å². The number of aromatic amines is 1. The molecule has 1 atom stereocenters. The van der Waals surface area contributed by atoms with E-state index >= 15 is 0 Å². The quantitative estimate of drug-likeness (QED) is 0.587. The first-order valence-corrected chi connectivity index (χ1v) is 10.7. The average molecular weight is 424 g/mol. The first-order chi connectivity index (χ1) is 14.4. The smallest absolute Gasteiger partial charge is 0.229 e. The van der Waals surface area contributed by atoms with Gasteiger partial charge in [-0.05, 0) is 47.7 Å². The maximum absolute atomic E-state index is 12.8. The number of aromatic nitrogens is 1. The zero-order chi connectivity index (χ0) is 21.3. The topological polar surface area (TPSA) is 65.2 Å². The Bertz CT molecular complexity index is 1090. The number of likely N-dealkylation sites (tertiary alicyclic amines) is 1. The fraction of sp³-hybridized carbons (Fsp3) is 0.333. The highest BCUT2D eigenvalue weighted by atomic mass is 35.5. The van der Waals surface area contributed by atoms with Crippen LogP contribution in [0, 0.1) is 5.92 Å². The molecule has 0 unspecified atom stereocenters. The van der Waals surface area contributed by atoms with Gasteiger partial charge in [0, 0.05) is 47.3 Å². The van der Waals surface area contributed by atoms with E-state index in [0.29, 0.717) is 24.0 Å². The number of hydrogen-bond donors (Lipinski definition) is 2. The Labute approximate surface area is 181 Å². The van der Waals surface area contributed by atoms with Crippen LogP contribution in [0.3, 0.4) is 0 Å². The Balaban J connectivity index is 1.39. The van der Waals surface area contributed by atoms with Crippen LogP contribution in [0.25, 0.3) is 10.9 Å². The van der Waals surface area contributed by atoms with Crippen LogP contribution in [-0.2, 0) is 16.0 Å². The van der Waals surface area contributed by atoms with Crippen LogP contribution < -0.4 is 5.32 Å². The van der Waals surface area contributed by atoms with Crippen LogP contribution in [0.2, 0.25) is 5.02 Å². The van der Waals surface area contributed by atoms with Gasteiger partial charge in [0.15, 0.2) is 0 Å². The Morgan fingerprint density at radius 2 is 2.07 bits per heavy atom. The van der Waals surface area contributed by atoms with E-state index in [1.165, 1.54) is 0 Å². The number of fused-ring (bicyclic) bond motifs is 1. The summed E-state index contributed by atoms with van der Waals surface area (Å²) in [5.74, 6) is -0.0639. The molecule has 1 aromatic heterocycles. The minimum Gasteiger partial charge on any atom is -0.361 e. The molecule has 0 spiro atoms. The number of para-hydroxylation sites is 1. The standard InChI is InChI=1S/C24H26ClN3O2/c1-15(2)19-5-3-4-6-22(19)27-24(30)17-11-23(29)28(14-17)10-9-16-13-26-21-8-7-18(25)12-20(16)21/h3-8,12-13,15,17,26H,9-11,14H2,1-2H3,(H,27,30)/t17-/m1/s1. The van der Waals surface area contributed by atoms with Crippen LogP contribution in [0.1, 0.15) is 37.3 Å². The van der Waals surface area contributed by atoms with E-state index in [2.05, 4.69) is 24.1 Å². The molecule has 0 bridgehead atoms. The van der Waals surface area contributed by atoms with Crippen molar-refractivity contribution in [3.63, 3.8) is 0 Å². The number of hydrogen-bond acceptors (Lipinski definition) is 2. The van der Waals surface area contributed by atoms with Gasteiger partial charge in [0.2, 0.25) is 11.8 Å². The molecule has 1 aliphatic rings. The number of nitrogens with zero attached hydrogens (tertiary/aromatic N) is 1. The summed E-state index contributed by atoms with van der Waals surface area (Å²) in [5.41, 5.74) is 4.09. The lowest BCUT2D eigenvalue weighted by Gasteiger charge is -2.18. The number of carbonyl (C=O) groups excluding carboxylic acids is 2. The van der Waals surface area contributed by atoms with E-state index in [0.717, 1.165) is 34.1 Å². The zero-order valence-corrected chi connectivity index (χ0v) is 18.0. The highest BCUT2D eigenvalue weighted by Crippen LogP contribution is 2.27. The molecule has 1 aliphatic heterocycles. The maximum atomic E-state index is 12.8. The van der Waals surface area contributed by atoms with Gasteiger partial charge in [0.1, 0.15) is 0 Å². The molecule has 0 saturated carbocycles. The molecule has 4 rings (SSSR count).